The number of nitrogens with zero attached hydrogens (tertiary/aromatic N) is 3. The summed E-state index contributed by atoms with van der Waals surface area (Å²) in [5.41, 5.74) is 0.245. The summed E-state index contributed by atoms with van der Waals surface area (Å²) in [6, 6.07) is 8.32. The van der Waals surface area contributed by atoms with E-state index in [0.717, 1.165) is 17.8 Å². The minimum Gasteiger partial charge on any atom is -0.348 e. The van der Waals surface area contributed by atoms with Crippen LogP contribution in [0.1, 0.15) is 17.0 Å². The fourth-order valence-corrected chi connectivity index (χ4v) is 2.40. The third-order valence-corrected chi connectivity index (χ3v) is 3.70. The van der Waals surface area contributed by atoms with Crippen molar-refractivity contribution in [3.63, 3.8) is 0 Å². The van der Waals surface area contributed by atoms with E-state index in [1.807, 2.05) is 29.9 Å². The molecule has 0 aliphatic carbocycles. The molecule has 0 bridgehead atoms. The molecule has 0 atom stereocenters. The highest BCUT2D eigenvalue weighted by molar-refractivity contribution is 5.78. The van der Waals surface area contributed by atoms with E-state index in [2.05, 4.69) is 15.5 Å². The number of aryl methyl sites for hydroxylation is 1. The predicted octanol–water partition coefficient (Wildman–Crippen LogP) is 2.95. The monoisotopic (exact) mass is 364 g/mol. The summed E-state index contributed by atoms with van der Waals surface area (Å²) in [4.78, 5) is 16.1. The van der Waals surface area contributed by atoms with E-state index in [9.17, 15) is 18.0 Å². The first kappa shape index (κ1) is 17.7. The topological polar surface area (TPSA) is 73.0 Å². The third kappa shape index (κ3) is 4.11. The standard InChI is InChI=1S/C17H15F3N4O2/c1-24-7-3-6-13(24)16-22-15(26-23-16)10-21-14(25)9-11-4-2-5-12(8-11)17(18,19)20/h2-8H,9-10H2,1H3,(H,21,25). The lowest BCUT2D eigenvalue weighted by Crippen LogP contribution is -2.24. The molecule has 9 heteroatoms. The summed E-state index contributed by atoms with van der Waals surface area (Å²) in [7, 11) is 1.84. The number of amides is 1. The van der Waals surface area contributed by atoms with Gasteiger partial charge in [0.25, 0.3) is 0 Å². The molecular weight excluding hydrogens is 349 g/mol. The van der Waals surface area contributed by atoms with Gasteiger partial charge in [0.1, 0.15) is 0 Å². The van der Waals surface area contributed by atoms with Crippen LogP contribution in [0.2, 0.25) is 0 Å². The number of carbonyl (C=O) groups excluding carboxylic acids is 1. The van der Waals surface area contributed by atoms with E-state index >= 15 is 0 Å². The molecule has 136 valence electrons. The number of aromatic nitrogens is 3. The molecule has 2 aromatic heterocycles. The van der Waals surface area contributed by atoms with Crippen LogP contribution in [-0.4, -0.2) is 20.6 Å². The van der Waals surface area contributed by atoms with Crippen molar-refractivity contribution in [1.29, 1.82) is 0 Å². The lowest BCUT2D eigenvalue weighted by atomic mass is 10.1. The van der Waals surface area contributed by atoms with Gasteiger partial charge in [0, 0.05) is 13.2 Å². The van der Waals surface area contributed by atoms with E-state index < -0.39 is 17.6 Å². The molecule has 6 nitrogen and oxygen atoms in total. The van der Waals surface area contributed by atoms with Gasteiger partial charge in [-0.2, -0.15) is 18.2 Å². The number of halogens is 3. The maximum Gasteiger partial charge on any atom is 0.416 e. The molecule has 1 N–H and O–H groups in total. The highest BCUT2D eigenvalue weighted by Crippen LogP contribution is 2.29. The molecule has 0 aliphatic rings. The van der Waals surface area contributed by atoms with Crippen LogP contribution in [-0.2, 0) is 31.0 Å². The smallest absolute Gasteiger partial charge is 0.348 e. The molecule has 2 heterocycles. The van der Waals surface area contributed by atoms with Crippen LogP contribution in [0.25, 0.3) is 11.5 Å². The Bertz CT molecular complexity index is 915. The number of nitrogens with one attached hydrogen (secondary N) is 1. The molecule has 0 saturated heterocycles. The predicted molar refractivity (Wildman–Crippen MR) is 85.7 cm³/mol. The van der Waals surface area contributed by atoms with Gasteiger partial charge in [0.15, 0.2) is 0 Å². The zero-order valence-electron chi connectivity index (χ0n) is 13.7. The molecule has 0 radical (unpaired) electrons. The van der Waals surface area contributed by atoms with E-state index in [1.165, 1.54) is 12.1 Å². The van der Waals surface area contributed by atoms with Gasteiger partial charge in [0.05, 0.1) is 24.2 Å². The second-order valence-electron chi connectivity index (χ2n) is 5.67. The van der Waals surface area contributed by atoms with E-state index in [-0.39, 0.29) is 24.4 Å². The van der Waals surface area contributed by atoms with Crippen molar-refractivity contribution in [1.82, 2.24) is 20.0 Å². The first-order valence-corrected chi connectivity index (χ1v) is 7.70. The zero-order valence-corrected chi connectivity index (χ0v) is 13.7. The molecule has 0 fully saturated rings. The van der Waals surface area contributed by atoms with Gasteiger partial charge < -0.3 is 14.4 Å². The van der Waals surface area contributed by atoms with Gasteiger partial charge in [-0.1, -0.05) is 23.4 Å². The fraction of sp³-hybridized carbons (Fsp3) is 0.235. The second kappa shape index (κ2) is 7.03. The van der Waals surface area contributed by atoms with Crippen molar-refractivity contribution in [3.05, 3.63) is 59.6 Å². The van der Waals surface area contributed by atoms with Crippen LogP contribution in [0.15, 0.2) is 47.1 Å². The normalized spacial score (nSPS) is 11.5. The summed E-state index contributed by atoms with van der Waals surface area (Å²) in [5, 5.41) is 6.39. The third-order valence-electron chi connectivity index (χ3n) is 3.70. The average Bonchev–Trinajstić information content (AvgIpc) is 3.21. The van der Waals surface area contributed by atoms with Crippen LogP contribution in [0, 0.1) is 0 Å². The number of carbonyl (C=O) groups is 1. The Hall–Kier alpha value is -3.10. The molecule has 0 unspecified atom stereocenters. The molecule has 3 rings (SSSR count). The summed E-state index contributed by atoms with van der Waals surface area (Å²) in [5.74, 6) is 0.154. The molecule has 26 heavy (non-hydrogen) atoms. The number of hydrogen-bond donors (Lipinski definition) is 1. The van der Waals surface area contributed by atoms with Crippen LogP contribution in [0.4, 0.5) is 13.2 Å². The number of rotatable bonds is 5. The van der Waals surface area contributed by atoms with Crippen molar-refractivity contribution in [3.8, 4) is 11.5 Å². The average molecular weight is 364 g/mol. The maximum atomic E-state index is 12.7. The highest BCUT2D eigenvalue weighted by Gasteiger charge is 2.30. The van der Waals surface area contributed by atoms with Crippen LogP contribution in [0.3, 0.4) is 0 Å². The molecule has 0 saturated carbocycles. The number of alkyl halides is 3. The van der Waals surface area contributed by atoms with Gasteiger partial charge in [-0.15, -0.1) is 0 Å². The summed E-state index contributed by atoms with van der Waals surface area (Å²) >= 11 is 0. The Morgan fingerprint density at radius 3 is 2.77 bits per heavy atom. The quantitative estimate of drug-likeness (QED) is 0.756. The van der Waals surface area contributed by atoms with E-state index in [0.29, 0.717) is 5.82 Å². The van der Waals surface area contributed by atoms with Gasteiger partial charge in [-0.3, -0.25) is 4.79 Å². The number of hydrogen-bond acceptors (Lipinski definition) is 4. The second-order valence-corrected chi connectivity index (χ2v) is 5.67. The van der Waals surface area contributed by atoms with Gasteiger partial charge in [-0.25, -0.2) is 0 Å². The van der Waals surface area contributed by atoms with Crippen molar-refractivity contribution < 1.29 is 22.5 Å². The molecule has 1 aromatic carbocycles. The largest absolute Gasteiger partial charge is 0.416 e. The Kier molecular flexibility index (Phi) is 4.79. The summed E-state index contributed by atoms with van der Waals surface area (Å²) in [6.45, 7) is -0.00474. The van der Waals surface area contributed by atoms with Crippen molar-refractivity contribution in [2.75, 3.05) is 0 Å². The van der Waals surface area contributed by atoms with Crippen molar-refractivity contribution in [2.24, 2.45) is 7.05 Å². The minimum absolute atomic E-state index is 0.00474. The molecule has 3 aromatic rings. The summed E-state index contributed by atoms with van der Waals surface area (Å²) < 4.78 is 45.0. The first-order valence-electron chi connectivity index (χ1n) is 7.70. The number of benzene rings is 1. The SMILES string of the molecule is Cn1cccc1-c1noc(CNC(=O)Cc2cccc(C(F)(F)F)c2)n1. The highest BCUT2D eigenvalue weighted by atomic mass is 19.4. The first-order chi connectivity index (χ1) is 12.3. The minimum atomic E-state index is -4.44. The van der Waals surface area contributed by atoms with Crippen LogP contribution < -0.4 is 5.32 Å². The summed E-state index contributed by atoms with van der Waals surface area (Å²) in [6.07, 6.45) is -2.78. The molecule has 0 aliphatic heterocycles. The van der Waals surface area contributed by atoms with Gasteiger partial charge >= 0.3 is 6.18 Å². The Labute approximate surface area is 146 Å². The van der Waals surface area contributed by atoms with E-state index in [1.54, 1.807) is 0 Å². The van der Waals surface area contributed by atoms with Crippen LogP contribution >= 0.6 is 0 Å². The van der Waals surface area contributed by atoms with Crippen molar-refractivity contribution in [2.45, 2.75) is 19.1 Å². The van der Waals surface area contributed by atoms with Gasteiger partial charge in [0.2, 0.25) is 17.6 Å². The fourth-order valence-electron chi connectivity index (χ4n) is 2.40. The molecule has 1 amide bonds. The Balaban J connectivity index is 1.58. The lowest BCUT2D eigenvalue weighted by Gasteiger charge is -2.08. The van der Waals surface area contributed by atoms with Crippen LogP contribution in [0.5, 0.6) is 0 Å². The zero-order chi connectivity index (χ0) is 18.7. The van der Waals surface area contributed by atoms with Crippen molar-refractivity contribution >= 4 is 5.91 Å². The molecule has 0 spiro atoms. The van der Waals surface area contributed by atoms with E-state index in [4.69, 9.17) is 4.52 Å². The lowest BCUT2D eigenvalue weighted by molar-refractivity contribution is -0.137. The Morgan fingerprint density at radius 1 is 1.27 bits per heavy atom. The Morgan fingerprint density at radius 2 is 2.08 bits per heavy atom. The van der Waals surface area contributed by atoms with Gasteiger partial charge in [-0.05, 0) is 23.8 Å². The maximum absolute atomic E-state index is 12.7. The molecular formula is C17H15F3N4O2.